The highest BCUT2D eigenvalue weighted by Gasteiger charge is 2.23. The highest BCUT2D eigenvalue weighted by Crippen LogP contribution is 2.19. The van der Waals surface area contributed by atoms with Gasteiger partial charge >= 0.3 is 6.01 Å². The molecule has 0 amide bonds. The zero-order chi connectivity index (χ0) is 16.8. The van der Waals surface area contributed by atoms with E-state index in [-0.39, 0.29) is 6.61 Å². The number of aromatic nitrogens is 2. The van der Waals surface area contributed by atoms with E-state index in [9.17, 15) is 5.11 Å². The Morgan fingerprint density at radius 2 is 1.92 bits per heavy atom. The van der Waals surface area contributed by atoms with Gasteiger partial charge in [0.2, 0.25) is 0 Å². The van der Waals surface area contributed by atoms with Crippen molar-refractivity contribution in [1.29, 1.82) is 0 Å². The first-order valence-electron chi connectivity index (χ1n) is 8.32. The molecule has 1 fully saturated rings. The Kier molecular flexibility index (Phi) is 5.74. The molecule has 0 bridgehead atoms. The lowest BCUT2D eigenvalue weighted by atomic mass is 10.1. The molecule has 6 heteroatoms. The van der Waals surface area contributed by atoms with Crippen LogP contribution >= 0.6 is 0 Å². The average Bonchev–Trinajstić information content (AvgIpc) is 2.61. The number of aliphatic hydroxyl groups excluding tert-OH is 1. The summed E-state index contributed by atoms with van der Waals surface area (Å²) in [5.41, 5.74) is 1.25. The minimum absolute atomic E-state index is 0.246. The van der Waals surface area contributed by atoms with Crippen molar-refractivity contribution in [3.8, 4) is 11.8 Å². The Morgan fingerprint density at radius 1 is 1.17 bits per heavy atom. The summed E-state index contributed by atoms with van der Waals surface area (Å²) in [7, 11) is 2.13. The Hall–Kier alpha value is -2.02. The van der Waals surface area contributed by atoms with E-state index in [0.29, 0.717) is 12.1 Å². The fraction of sp³-hybridized carbons (Fsp3) is 0.444. The number of piperazine rings is 1. The Morgan fingerprint density at radius 3 is 2.62 bits per heavy atom. The molecular weight excluding hydrogens is 304 g/mol. The standard InChI is InChI=1S/C18H24N4O2/c1-21-10-11-22(14-16(21)7-12-23)13-15-3-5-17(6-4-15)24-18-19-8-2-9-20-18/h2-6,8-9,16,23H,7,10-14H2,1H3. The topological polar surface area (TPSA) is 61.7 Å². The molecule has 2 aromatic rings. The lowest BCUT2D eigenvalue weighted by Gasteiger charge is -2.39. The molecule has 0 aliphatic carbocycles. The van der Waals surface area contributed by atoms with Gasteiger partial charge in [-0.15, -0.1) is 0 Å². The third kappa shape index (κ3) is 4.50. The molecule has 0 spiro atoms. The van der Waals surface area contributed by atoms with Gasteiger partial charge in [-0.3, -0.25) is 4.90 Å². The maximum atomic E-state index is 9.19. The summed E-state index contributed by atoms with van der Waals surface area (Å²) in [5, 5.41) is 9.19. The minimum atomic E-state index is 0.246. The number of ether oxygens (including phenoxy) is 1. The van der Waals surface area contributed by atoms with Crippen LogP contribution in [0.2, 0.25) is 0 Å². The van der Waals surface area contributed by atoms with Crippen molar-refractivity contribution in [1.82, 2.24) is 19.8 Å². The predicted octanol–water partition coefficient (Wildman–Crippen LogP) is 1.77. The molecule has 1 unspecified atom stereocenters. The average molecular weight is 328 g/mol. The molecule has 24 heavy (non-hydrogen) atoms. The molecule has 1 saturated heterocycles. The highest BCUT2D eigenvalue weighted by atomic mass is 16.5. The van der Waals surface area contributed by atoms with Gasteiger partial charge in [-0.2, -0.15) is 0 Å². The van der Waals surface area contributed by atoms with Crippen LogP contribution in [0.4, 0.5) is 0 Å². The van der Waals surface area contributed by atoms with Crippen molar-refractivity contribution in [2.75, 3.05) is 33.3 Å². The Balaban J connectivity index is 1.56. The van der Waals surface area contributed by atoms with E-state index in [2.05, 4.69) is 38.9 Å². The van der Waals surface area contributed by atoms with Crippen LogP contribution in [0.25, 0.3) is 0 Å². The number of aliphatic hydroxyl groups is 1. The van der Waals surface area contributed by atoms with E-state index >= 15 is 0 Å². The molecular formula is C18H24N4O2. The lowest BCUT2D eigenvalue weighted by molar-refractivity contribution is 0.0743. The summed E-state index contributed by atoms with van der Waals surface area (Å²) in [6, 6.07) is 10.6. The first-order valence-corrected chi connectivity index (χ1v) is 8.32. The van der Waals surface area contributed by atoms with Crippen LogP contribution in [-0.4, -0.2) is 64.2 Å². The summed E-state index contributed by atoms with van der Waals surface area (Å²) in [5.74, 6) is 0.737. The second-order valence-electron chi connectivity index (χ2n) is 6.16. The largest absolute Gasteiger partial charge is 0.424 e. The van der Waals surface area contributed by atoms with Gasteiger partial charge in [0.25, 0.3) is 0 Å². The lowest BCUT2D eigenvalue weighted by Crippen LogP contribution is -2.51. The van der Waals surface area contributed by atoms with Crippen LogP contribution in [0.1, 0.15) is 12.0 Å². The minimum Gasteiger partial charge on any atom is -0.424 e. The molecule has 2 heterocycles. The van der Waals surface area contributed by atoms with E-state index in [1.807, 2.05) is 12.1 Å². The number of rotatable bonds is 6. The summed E-state index contributed by atoms with van der Waals surface area (Å²) < 4.78 is 5.62. The van der Waals surface area contributed by atoms with Crippen molar-refractivity contribution < 1.29 is 9.84 Å². The molecule has 1 aromatic heterocycles. The molecule has 1 N–H and O–H groups in total. The van der Waals surface area contributed by atoms with Gasteiger partial charge in [-0.1, -0.05) is 12.1 Å². The SMILES string of the molecule is CN1CCN(Cc2ccc(Oc3ncccn3)cc2)CC1CCO. The fourth-order valence-electron chi connectivity index (χ4n) is 2.98. The number of likely N-dealkylation sites (N-methyl/N-ethyl adjacent to an activating group) is 1. The van der Waals surface area contributed by atoms with E-state index in [0.717, 1.165) is 38.3 Å². The van der Waals surface area contributed by atoms with Gasteiger partial charge in [-0.25, -0.2) is 9.97 Å². The fourth-order valence-corrected chi connectivity index (χ4v) is 2.98. The first kappa shape index (κ1) is 16.8. The van der Waals surface area contributed by atoms with Crippen molar-refractivity contribution in [3.63, 3.8) is 0 Å². The van der Waals surface area contributed by atoms with Crippen LogP contribution in [0, 0.1) is 0 Å². The second-order valence-corrected chi connectivity index (χ2v) is 6.16. The number of nitrogens with zero attached hydrogens (tertiary/aromatic N) is 4. The smallest absolute Gasteiger partial charge is 0.321 e. The number of benzene rings is 1. The van der Waals surface area contributed by atoms with Gasteiger partial charge in [0, 0.05) is 51.2 Å². The maximum Gasteiger partial charge on any atom is 0.321 e. The Labute approximate surface area is 142 Å². The molecule has 3 rings (SSSR count). The quantitative estimate of drug-likeness (QED) is 0.872. The highest BCUT2D eigenvalue weighted by molar-refractivity contribution is 5.29. The molecule has 1 aliphatic heterocycles. The molecule has 1 atom stereocenters. The van der Waals surface area contributed by atoms with Gasteiger partial charge in [0.1, 0.15) is 5.75 Å². The summed E-state index contributed by atoms with van der Waals surface area (Å²) >= 11 is 0. The third-order valence-electron chi connectivity index (χ3n) is 4.40. The van der Waals surface area contributed by atoms with Crippen LogP contribution in [0.5, 0.6) is 11.8 Å². The zero-order valence-electron chi connectivity index (χ0n) is 14.0. The van der Waals surface area contributed by atoms with Crippen molar-refractivity contribution in [2.24, 2.45) is 0 Å². The van der Waals surface area contributed by atoms with E-state index in [1.54, 1.807) is 18.5 Å². The molecule has 128 valence electrons. The van der Waals surface area contributed by atoms with Crippen molar-refractivity contribution >= 4 is 0 Å². The maximum absolute atomic E-state index is 9.19. The van der Waals surface area contributed by atoms with Gasteiger partial charge < -0.3 is 14.7 Å². The van der Waals surface area contributed by atoms with E-state index in [1.165, 1.54) is 5.56 Å². The summed E-state index contributed by atoms with van der Waals surface area (Å²) in [6.45, 7) is 4.24. The molecule has 6 nitrogen and oxygen atoms in total. The number of hydrogen-bond acceptors (Lipinski definition) is 6. The zero-order valence-corrected chi connectivity index (χ0v) is 14.0. The van der Waals surface area contributed by atoms with Crippen molar-refractivity contribution in [3.05, 3.63) is 48.3 Å². The van der Waals surface area contributed by atoms with Gasteiger partial charge in [-0.05, 0) is 37.2 Å². The molecule has 0 saturated carbocycles. The van der Waals surface area contributed by atoms with Crippen LogP contribution in [-0.2, 0) is 6.54 Å². The summed E-state index contributed by atoms with van der Waals surface area (Å²) in [4.78, 5) is 12.9. The predicted molar refractivity (Wildman–Crippen MR) is 91.9 cm³/mol. The van der Waals surface area contributed by atoms with E-state index < -0.39 is 0 Å². The van der Waals surface area contributed by atoms with Crippen molar-refractivity contribution in [2.45, 2.75) is 19.0 Å². The molecule has 1 aromatic carbocycles. The third-order valence-corrected chi connectivity index (χ3v) is 4.40. The van der Waals surface area contributed by atoms with Crippen LogP contribution < -0.4 is 4.74 Å². The molecule has 0 radical (unpaired) electrons. The normalized spacial score (nSPS) is 19.3. The monoisotopic (exact) mass is 328 g/mol. The first-order chi connectivity index (χ1) is 11.7. The molecule has 1 aliphatic rings. The Bertz CT molecular complexity index is 621. The van der Waals surface area contributed by atoms with Crippen LogP contribution in [0.3, 0.4) is 0 Å². The summed E-state index contributed by atoms with van der Waals surface area (Å²) in [6.07, 6.45) is 4.15. The van der Waals surface area contributed by atoms with Crippen LogP contribution in [0.15, 0.2) is 42.7 Å². The van der Waals surface area contributed by atoms with E-state index in [4.69, 9.17) is 4.74 Å². The van der Waals surface area contributed by atoms with Gasteiger partial charge in [0.15, 0.2) is 0 Å². The van der Waals surface area contributed by atoms with Gasteiger partial charge in [0.05, 0.1) is 0 Å². The number of hydrogen-bond donors (Lipinski definition) is 1. The second kappa shape index (κ2) is 8.19.